The van der Waals surface area contributed by atoms with Crippen LogP contribution in [0.2, 0.25) is 0 Å². The Morgan fingerprint density at radius 2 is 1.50 bits per heavy atom. The number of hydrogen-bond donors (Lipinski definition) is 0. The second-order valence-corrected chi connectivity index (χ2v) is 12.3. The molecule has 5 nitrogen and oxygen atoms in total. The molecule has 0 radical (unpaired) electrons. The van der Waals surface area contributed by atoms with Crippen LogP contribution >= 0.6 is 0 Å². The third kappa shape index (κ3) is 3.50. The molecule has 0 aliphatic heterocycles. The molecule has 0 unspecified atom stereocenters. The maximum atomic E-state index is 13.3. The van der Waals surface area contributed by atoms with E-state index in [-0.39, 0.29) is 15.2 Å². The van der Waals surface area contributed by atoms with E-state index in [9.17, 15) is 13.7 Å². The Bertz CT molecular complexity index is 1360. The minimum atomic E-state index is -3.91. The van der Waals surface area contributed by atoms with Crippen LogP contribution in [-0.4, -0.2) is 18.2 Å². The van der Waals surface area contributed by atoms with E-state index in [1.807, 2.05) is 47.3 Å². The standard InChI is InChI=1S/C28H27N3O2S/c29-18-26(34(32,33)25-9-5-2-6-10-25)14-23-19-31(24-7-3-1-4-8-24)30-27(23)28-15-20-11-21(16-28)13-22(12-20)17-28/h1-10,14,19-22H,11-13,15-17H2/b26-14-. The van der Waals surface area contributed by atoms with E-state index >= 15 is 0 Å². The summed E-state index contributed by atoms with van der Waals surface area (Å²) in [5.74, 6) is 2.19. The van der Waals surface area contributed by atoms with Gasteiger partial charge in [0.2, 0.25) is 9.84 Å². The van der Waals surface area contributed by atoms with Crippen molar-refractivity contribution in [2.24, 2.45) is 17.8 Å². The van der Waals surface area contributed by atoms with Gasteiger partial charge in [0.15, 0.2) is 0 Å². The van der Waals surface area contributed by atoms with Gasteiger partial charge in [-0.25, -0.2) is 13.1 Å². The molecule has 4 fully saturated rings. The molecule has 0 N–H and O–H groups in total. The largest absolute Gasteiger partial charge is 0.240 e. The van der Waals surface area contributed by atoms with Crippen LogP contribution in [0, 0.1) is 29.1 Å². The molecule has 7 rings (SSSR count). The summed E-state index contributed by atoms with van der Waals surface area (Å²) in [5, 5.41) is 15.0. The van der Waals surface area contributed by atoms with E-state index in [2.05, 4.69) is 0 Å². The molecule has 3 aromatic rings. The summed E-state index contributed by atoms with van der Waals surface area (Å²) in [6.45, 7) is 0. The van der Waals surface area contributed by atoms with Crippen molar-refractivity contribution < 1.29 is 8.42 Å². The van der Waals surface area contributed by atoms with Gasteiger partial charge in [-0.3, -0.25) is 0 Å². The van der Waals surface area contributed by atoms with Gasteiger partial charge < -0.3 is 0 Å². The van der Waals surface area contributed by atoms with Crippen molar-refractivity contribution in [3.63, 3.8) is 0 Å². The maximum Gasteiger partial charge on any atom is 0.216 e. The average molecular weight is 470 g/mol. The predicted octanol–water partition coefficient (Wildman–Crippen LogP) is 5.68. The lowest BCUT2D eigenvalue weighted by molar-refractivity contribution is -0.00743. The fourth-order valence-electron chi connectivity index (χ4n) is 7.06. The zero-order valence-corrected chi connectivity index (χ0v) is 19.8. The van der Waals surface area contributed by atoms with Gasteiger partial charge >= 0.3 is 0 Å². The minimum Gasteiger partial charge on any atom is -0.240 e. The van der Waals surface area contributed by atoms with Gasteiger partial charge in [-0.1, -0.05) is 36.4 Å². The van der Waals surface area contributed by atoms with E-state index in [4.69, 9.17) is 5.10 Å². The highest BCUT2D eigenvalue weighted by Crippen LogP contribution is 2.61. The second-order valence-electron chi connectivity index (χ2n) is 10.3. The Kier molecular flexibility index (Phi) is 5.00. The third-order valence-electron chi connectivity index (χ3n) is 8.04. The van der Waals surface area contributed by atoms with Gasteiger partial charge in [0.1, 0.15) is 11.0 Å². The highest BCUT2D eigenvalue weighted by atomic mass is 32.2. The lowest BCUT2D eigenvalue weighted by Gasteiger charge is -2.56. The summed E-state index contributed by atoms with van der Waals surface area (Å²) in [6.07, 6.45) is 10.7. The number of hydrogen-bond acceptors (Lipinski definition) is 4. The molecule has 34 heavy (non-hydrogen) atoms. The van der Waals surface area contributed by atoms with Gasteiger partial charge in [-0.15, -0.1) is 0 Å². The number of nitriles is 1. The first-order chi connectivity index (χ1) is 16.5. The molecule has 6 heteroatoms. The highest BCUT2D eigenvalue weighted by Gasteiger charge is 2.53. The van der Waals surface area contributed by atoms with E-state index in [0.717, 1.165) is 54.0 Å². The molecule has 2 aromatic carbocycles. The van der Waals surface area contributed by atoms with Gasteiger partial charge in [0, 0.05) is 17.2 Å². The molecule has 4 bridgehead atoms. The van der Waals surface area contributed by atoms with E-state index < -0.39 is 9.84 Å². The molecule has 0 amide bonds. The van der Waals surface area contributed by atoms with E-state index in [1.54, 1.807) is 24.3 Å². The van der Waals surface area contributed by atoms with Crippen molar-refractivity contribution >= 4 is 15.9 Å². The van der Waals surface area contributed by atoms with Crippen LogP contribution in [0.15, 0.2) is 76.7 Å². The number of nitrogens with zero attached hydrogens (tertiary/aromatic N) is 3. The summed E-state index contributed by atoms with van der Waals surface area (Å²) in [5.41, 5.74) is 2.61. The average Bonchev–Trinajstić information content (AvgIpc) is 3.28. The van der Waals surface area contributed by atoms with Crippen molar-refractivity contribution in [2.45, 2.75) is 48.8 Å². The van der Waals surface area contributed by atoms with Gasteiger partial charge in [-0.2, -0.15) is 10.4 Å². The number of para-hydroxylation sites is 1. The summed E-state index contributed by atoms with van der Waals surface area (Å²) in [7, 11) is -3.91. The third-order valence-corrected chi connectivity index (χ3v) is 9.72. The first-order valence-corrected chi connectivity index (χ1v) is 13.5. The molecule has 1 aromatic heterocycles. The summed E-state index contributed by atoms with van der Waals surface area (Å²) in [4.78, 5) is -0.105. The Morgan fingerprint density at radius 3 is 2.06 bits per heavy atom. The maximum absolute atomic E-state index is 13.3. The summed E-state index contributed by atoms with van der Waals surface area (Å²) < 4.78 is 28.4. The predicted molar refractivity (Wildman–Crippen MR) is 131 cm³/mol. The number of allylic oxidation sites excluding steroid dienone is 1. The van der Waals surface area contributed by atoms with E-state index in [0.29, 0.717) is 0 Å². The van der Waals surface area contributed by atoms with Crippen molar-refractivity contribution in [3.8, 4) is 11.8 Å². The van der Waals surface area contributed by atoms with Gasteiger partial charge in [0.05, 0.1) is 16.3 Å². The fourth-order valence-corrected chi connectivity index (χ4v) is 8.23. The first-order valence-electron chi connectivity index (χ1n) is 12.0. The lowest BCUT2D eigenvalue weighted by Crippen LogP contribution is -2.49. The zero-order valence-electron chi connectivity index (χ0n) is 19.0. The van der Waals surface area contributed by atoms with Crippen molar-refractivity contribution in [3.05, 3.63) is 83.0 Å². The van der Waals surface area contributed by atoms with Crippen LogP contribution in [0.5, 0.6) is 0 Å². The molecule has 172 valence electrons. The summed E-state index contributed by atoms with van der Waals surface area (Å²) >= 11 is 0. The Balaban J connectivity index is 1.50. The van der Waals surface area contributed by atoms with Crippen LogP contribution in [0.25, 0.3) is 11.8 Å². The molecule has 0 saturated heterocycles. The zero-order chi connectivity index (χ0) is 23.3. The monoisotopic (exact) mass is 469 g/mol. The quantitative estimate of drug-likeness (QED) is 0.451. The molecule has 4 aliphatic rings. The SMILES string of the molecule is N#C/C(=C/c1cn(-c2ccccc2)nc1C12CC3CC(CC(C3)C1)C2)S(=O)(=O)c1ccccc1. The number of aromatic nitrogens is 2. The number of rotatable bonds is 5. The Hall–Kier alpha value is -3.17. The van der Waals surface area contributed by atoms with Crippen LogP contribution < -0.4 is 0 Å². The highest BCUT2D eigenvalue weighted by molar-refractivity contribution is 7.95. The lowest BCUT2D eigenvalue weighted by atomic mass is 9.48. The van der Waals surface area contributed by atoms with Crippen LogP contribution in [-0.2, 0) is 15.3 Å². The molecular weight excluding hydrogens is 442 g/mol. The molecule has 4 aliphatic carbocycles. The second kappa shape index (κ2) is 7.95. The van der Waals surface area contributed by atoms with Crippen LogP contribution in [0.1, 0.15) is 49.8 Å². The van der Waals surface area contributed by atoms with E-state index in [1.165, 1.54) is 31.4 Å². The van der Waals surface area contributed by atoms with Crippen molar-refractivity contribution in [1.82, 2.24) is 9.78 Å². The van der Waals surface area contributed by atoms with Crippen molar-refractivity contribution in [1.29, 1.82) is 5.26 Å². The van der Waals surface area contributed by atoms with Crippen LogP contribution in [0.4, 0.5) is 0 Å². The smallest absolute Gasteiger partial charge is 0.216 e. The van der Waals surface area contributed by atoms with Crippen molar-refractivity contribution in [2.75, 3.05) is 0 Å². The van der Waals surface area contributed by atoms with Gasteiger partial charge in [0.25, 0.3) is 0 Å². The summed E-state index contributed by atoms with van der Waals surface area (Å²) in [6, 6.07) is 20.1. The molecule has 1 heterocycles. The minimum absolute atomic E-state index is 0.0301. The molecule has 0 atom stereocenters. The molecular formula is C28H27N3O2S. The number of benzene rings is 2. The first kappa shape index (κ1) is 21.4. The number of sulfone groups is 1. The Morgan fingerprint density at radius 1 is 0.941 bits per heavy atom. The molecule has 4 saturated carbocycles. The fraction of sp³-hybridized carbons (Fsp3) is 0.357. The Labute approximate surface area is 200 Å². The molecule has 0 spiro atoms. The van der Waals surface area contributed by atoms with Crippen LogP contribution in [0.3, 0.4) is 0 Å². The normalized spacial score (nSPS) is 28.1. The van der Waals surface area contributed by atoms with Gasteiger partial charge in [-0.05, 0) is 86.6 Å². The topological polar surface area (TPSA) is 75.8 Å².